The quantitative estimate of drug-likeness (QED) is 0.562. The molecule has 0 bridgehead atoms. The normalized spacial score (nSPS) is 11.1. The summed E-state index contributed by atoms with van der Waals surface area (Å²) in [5, 5.41) is 14.8. The van der Waals surface area contributed by atoms with Crippen LogP contribution in [0.25, 0.3) is 29.2 Å². The van der Waals surface area contributed by atoms with Crippen LogP contribution in [-0.4, -0.2) is 19.9 Å². The fraction of sp³-hybridized carbons (Fsp3) is 0. The SMILES string of the molecule is Oc1ccccc1-c1nc(/C=C\c2ccccc2F)nn1-c1ccccc1. The summed E-state index contributed by atoms with van der Waals surface area (Å²) in [5.41, 5.74) is 1.84. The molecule has 5 heteroatoms. The van der Waals surface area contributed by atoms with Gasteiger partial charge in [0.25, 0.3) is 0 Å². The molecule has 3 aromatic carbocycles. The first-order valence-corrected chi connectivity index (χ1v) is 8.46. The zero-order chi connectivity index (χ0) is 18.6. The average molecular weight is 357 g/mol. The molecular weight excluding hydrogens is 341 g/mol. The van der Waals surface area contributed by atoms with Gasteiger partial charge in [0.05, 0.1) is 11.3 Å². The summed E-state index contributed by atoms with van der Waals surface area (Å²) >= 11 is 0. The van der Waals surface area contributed by atoms with Gasteiger partial charge in [-0.3, -0.25) is 0 Å². The van der Waals surface area contributed by atoms with Crippen LogP contribution in [0.2, 0.25) is 0 Å². The highest BCUT2D eigenvalue weighted by molar-refractivity contribution is 5.70. The first kappa shape index (κ1) is 16.7. The summed E-state index contributed by atoms with van der Waals surface area (Å²) in [5.74, 6) is 0.733. The predicted molar refractivity (Wildman–Crippen MR) is 104 cm³/mol. The second-order valence-corrected chi connectivity index (χ2v) is 5.91. The van der Waals surface area contributed by atoms with Crippen molar-refractivity contribution >= 4 is 12.2 Å². The van der Waals surface area contributed by atoms with E-state index in [-0.39, 0.29) is 11.6 Å². The van der Waals surface area contributed by atoms with Crippen molar-refractivity contribution in [3.05, 3.63) is 96.1 Å². The number of rotatable bonds is 4. The molecule has 1 N–H and O–H groups in total. The Bertz CT molecular complexity index is 1100. The molecule has 0 radical (unpaired) electrons. The van der Waals surface area contributed by atoms with E-state index in [1.54, 1.807) is 53.2 Å². The minimum Gasteiger partial charge on any atom is -0.507 e. The Hall–Kier alpha value is -3.73. The number of aromatic hydroxyl groups is 1. The van der Waals surface area contributed by atoms with Gasteiger partial charge in [-0.25, -0.2) is 14.1 Å². The van der Waals surface area contributed by atoms with E-state index in [4.69, 9.17) is 0 Å². The van der Waals surface area contributed by atoms with Crippen molar-refractivity contribution in [1.29, 1.82) is 0 Å². The Labute approximate surface area is 155 Å². The van der Waals surface area contributed by atoms with E-state index in [9.17, 15) is 9.50 Å². The maximum absolute atomic E-state index is 13.8. The number of para-hydroxylation sites is 2. The lowest BCUT2D eigenvalue weighted by molar-refractivity contribution is 0.476. The molecular formula is C22H16FN3O. The van der Waals surface area contributed by atoms with Gasteiger partial charge in [-0.2, -0.15) is 0 Å². The van der Waals surface area contributed by atoms with Gasteiger partial charge >= 0.3 is 0 Å². The summed E-state index contributed by atoms with van der Waals surface area (Å²) in [4.78, 5) is 4.54. The van der Waals surface area contributed by atoms with E-state index >= 15 is 0 Å². The van der Waals surface area contributed by atoms with Crippen LogP contribution in [0.5, 0.6) is 5.75 Å². The van der Waals surface area contributed by atoms with E-state index in [2.05, 4.69) is 10.1 Å². The van der Waals surface area contributed by atoms with Crippen LogP contribution >= 0.6 is 0 Å². The van der Waals surface area contributed by atoms with Crippen LogP contribution in [0.15, 0.2) is 78.9 Å². The average Bonchev–Trinajstić information content (AvgIpc) is 3.12. The van der Waals surface area contributed by atoms with Crippen LogP contribution in [-0.2, 0) is 0 Å². The van der Waals surface area contributed by atoms with Crippen molar-refractivity contribution in [2.45, 2.75) is 0 Å². The molecule has 0 saturated carbocycles. The molecule has 0 aliphatic heterocycles. The molecule has 0 atom stereocenters. The first-order valence-electron chi connectivity index (χ1n) is 8.46. The van der Waals surface area contributed by atoms with E-state index in [1.165, 1.54) is 6.07 Å². The van der Waals surface area contributed by atoms with Crippen molar-refractivity contribution < 1.29 is 9.50 Å². The van der Waals surface area contributed by atoms with Gasteiger partial charge in [0.2, 0.25) is 0 Å². The third-order valence-corrected chi connectivity index (χ3v) is 4.09. The van der Waals surface area contributed by atoms with Crippen molar-refractivity contribution in [2.24, 2.45) is 0 Å². The standard InChI is InChI=1S/C22H16FN3O/c23-19-12-6-4-8-16(19)14-15-21-24-22(18-11-5-7-13-20(18)27)26(25-21)17-9-2-1-3-10-17/h1-15,27H/b15-14-. The molecule has 0 aliphatic rings. The number of phenolic OH excluding ortho intramolecular Hbond substituents is 1. The third kappa shape index (κ3) is 3.48. The summed E-state index contributed by atoms with van der Waals surface area (Å²) in [7, 11) is 0. The van der Waals surface area contributed by atoms with Crippen LogP contribution < -0.4 is 0 Å². The van der Waals surface area contributed by atoms with Gasteiger partial charge in [-0.1, -0.05) is 48.5 Å². The number of benzene rings is 3. The molecule has 4 aromatic rings. The highest BCUT2D eigenvalue weighted by atomic mass is 19.1. The topological polar surface area (TPSA) is 50.9 Å². The van der Waals surface area contributed by atoms with Crippen LogP contribution in [0.4, 0.5) is 4.39 Å². The minimum absolute atomic E-state index is 0.117. The lowest BCUT2D eigenvalue weighted by atomic mass is 10.2. The number of aromatic nitrogens is 3. The highest BCUT2D eigenvalue weighted by Gasteiger charge is 2.15. The van der Waals surface area contributed by atoms with Gasteiger partial charge in [0.1, 0.15) is 11.6 Å². The summed E-state index contributed by atoms with van der Waals surface area (Å²) in [6.45, 7) is 0. The second kappa shape index (κ2) is 7.25. The monoisotopic (exact) mass is 357 g/mol. The van der Waals surface area contributed by atoms with Gasteiger partial charge in [-0.05, 0) is 42.5 Å². The molecule has 0 fully saturated rings. The molecule has 4 nitrogen and oxygen atoms in total. The molecule has 1 heterocycles. The molecule has 0 amide bonds. The Balaban J connectivity index is 1.81. The van der Waals surface area contributed by atoms with E-state index < -0.39 is 0 Å². The second-order valence-electron chi connectivity index (χ2n) is 5.91. The van der Waals surface area contributed by atoms with Crippen molar-refractivity contribution in [1.82, 2.24) is 14.8 Å². The van der Waals surface area contributed by atoms with Crippen LogP contribution in [0.3, 0.4) is 0 Å². The largest absolute Gasteiger partial charge is 0.507 e. The van der Waals surface area contributed by atoms with Crippen LogP contribution in [0, 0.1) is 5.82 Å². The summed E-state index contributed by atoms with van der Waals surface area (Å²) in [6.07, 6.45) is 3.29. The number of hydrogen-bond donors (Lipinski definition) is 1. The fourth-order valence-electron chi connectivity index (χ4n) is 2.76. The molecule has 0 saturated heterocycles. The zero-order valence-corrected chi connectivity index (χ0v) is 14.3. The summed E-state index contributed by atoms with van der Waals surface area (Å²) < 4.78 is 15.5. The number of hydrogen-bond acceptors (Lipinski definition) is 3. The molecule has 27 heavy (non-hydrogen) atoms. The number of phenols is 1. The molecule has 4 rings (SSSR count). The Morgan fingerprint density at radius 2 is 1.52 bits per heavy atom. The fourth-order valence-corrected chi connectivity index (χ4v) is 2.76. The third-order valence-electron chi connectivity index (χ3n) is 4.09. The predicted octanol–water partition coefficient (Wildman–Crippen LogP) is 4.95. The van der Waals surface area contributed by atoms with Crippen LogP contribution in [0.1, 0.15) is 11.4 Å². The molecule has 0 unspecified atom stereocenters. The summed E-state index contributed by atoms with van der Waals surface area (Å²) in [6, 6.07) is 23.0. The molecule has 0 aliphatic carbocycles. The van der Waals surface area contributed by atoms with Gasteiger partial charge in [-0.15, -0.1) is 5.10 Å². The lowest BCUT2D eigenvalue weighted by Crippen LogP contribution is -1.99. The van der Waals surface area contributed by atoms with E-state index in [0.717, 1.165) is 5.69 Å². The Kier molecular flexibility index (Phi) is 4.49. The smallest absolute Gasteiger partial charge is 0.175 e. The Morgan fingerprint density at radius 1 is 0.815 bits per heavy atom. The van der Waals surface area contributed by atoms with E-state index in [0.29, 0.717) is 22.8 Å². The highest BCUT2D eigenvalue weighted by Crippen LogP contribution is 2.29. The number of nitrogens with zero attached hydrogens (tertiary/aromatic N) is 3. The van der Waals surface area contributed by atoms with Crippen molar-refractivity contribution in [2.75, 3.05) is 0 Å². The molecule has 1 aromatic heterocycles. The molecule has 132 valence electrons. The zero-order valence-electron chi connectivity index (χ0n) is 14.3. The minimum atomic E-state index is -0.308. The van der Waals surface area contributed by atoms with Crippen molar-refractivity contribution in [3.8, 4) is 22.8 Å². The van der Waals surface area contributed by atoms with Crippen molar-refractivity contribution in [3.63, 3.8) is 0 Å². The maximum Gasteiger partial charge on any atom is 0.175 e. The first-order chi connectivity index (χ1) is 13.2. The Morgan fingerprint density at radius 3 is 2.30 bits per heavy atom. The lowest BCUT2D eigenvalue weighted by Gasteiger charge is -2.06. The number of halogens is 1. The van der Waals surface area contributed by atoms with Gasteiger partial charge in [0.15, 0.2) is 11.6 Å². The van der Waals surface area contributed by atoms with Gasteiger partial charge < -0.3 is 5.11 Å². The maximum atomic E-state index is 13.8. The van der Waals surface area contributed by atoms with Gasteiger partial charge in [0, 0.05) is 5.56 Å². The van der Waals surface area contributed by atoms with E-state index in [1.807, 2.05) is 36.4 Å². The molecule has 0 spiro atoms.